The molecule has 7 aromatic rings. The molecule has 0 aliphatic heterocycles. The van der Waals surface area contributed by atoms with Crippen molar-refractivity contribution in [2.24, 2.45) is 0 Å². The minimum atomic E-state index is -0.402. The monoisotopic (exact) mass is 509 g/mol. The summed E-state index contributed by atoms with van der Waals surface area (Å²) in [4.78, 5) is 0. The van der Waals surface area contributed by atoms with Gasteiger partial charge in [0.1, 0.15) is 0 Å². The Labute approximate surface area is 234 Å². The normalized spacial score (nSPS) is 13.2. The van der Waals surface area contributed by atoms with E-state index in [2.05, 4.69) is 163 Å². The summed E-state index contributed by atoms with van der Waals surface area (Å²) in [5.74, 6) is 0. The van der Waals surface area contributed by atoms with E-state index in [1.807, 2.05) is 0 Å². The van der Waals surface area contributed by atoms with Gasteiger partial charge in [0, 0.05) is 16.8 Å². The van der Waals surface area contributed by atoms with Crippen molar-refractivity contribution in [3.63, 3.8) is 0 Å². The Kier molecular flexibility index (Phi) is 5.11. The van der Waals surface area contributed by atoms with Gasteiger partial charge >= 0.3 is 0 Å². The number of hydrogen-bond acceptors (Lipinski definition) is 1. The molecule has 0 atom stereocenters. The van der Waals surface area contributed by atoms with Gasteiger partial charge in [-0.2, -0.15) is 0 Å². The summed E-state index contributed by atoms with van der Waals surface area (Å²) in [5.41, 5.74) is 9.60. The highest BCUT2D eigenvalue weighted by Crippen LogP contribution is 2.56. The highest BCUT2D eigenvalue weighted by molar-refractivity contribution is 6.04. The number of fused-ring (bicyclic) bond motifs is 5. The second-order valence-corrected chi connectivity index (χ2v) is 10.6. The highest BCUT2D eigenvalue weighted by atomic mass is 14.9. The predicted molar refractivity (Wildman–Crippen MR) is 168 cm³/mol. The fraction of sp³-hybridized carbons (Fsp3) is 0.0256. The van der Waals surface area contributed by atoms with Crippen LogP contribution < -0.4 is 5.32 Å². The molecule has 0 aromatic heterocycles. The number of hydrogen-bond donors (Lipinski definition) is 1. The molecule has 0 spiro atoms. The molecule has 0 saturated carbocycles. The maximum atomic E-state index is 3.79. The van der Waals surface area contributed by atoms with Crippen LogP contribution in [0.15, 0.2) is 158 Å². The molecule has 0 amide bonds. The van der Waals surface area contributed by atoms with Crippen molar-refractivity contribution in [3.8, 4) is 11.1 Å². The summed E-state index contributed by atoms with van der Waals surface area (Å²) < 4.78 is 0. The fourth-order valence-electron chi connectivity index (χ4n) is 6.77. The predicted octanol–water partition coefficient (Wildman–Crippen LogP) is 10.1. The first kappa shape index (κ1) is 22.8. The smallest absolute Gasteiger partial charge is 0.0714 e. The number of rotatable bonds is 4. The molecule has 1 heteroatoms. The lowest BCUT2D eigenvalue weighted by atomic mass is 9.67. The lowest BCUT2D eigenvalue weighted by molar-refractivity contribution is 0.769. The first-order valence-electron chi connectivity index (χ1n) is 13.9. The Morgan fingerprint density at radius 1 is 0.400 bits per heavy atom. The summed E-state index contributed by atoms with van der Waals surface area (Å²) in [5, 5.41) is 8.76. The third-order valence-electron chi connectivity index (χ3n) is 8.48. The van der Waals surface area contributed by atoms with Gasteiger partial charge in [0.2, 0.25) is 0 Å². The van der Waals surface area contributed by atoms with E-state index in [4.69, 9.17) is 0 Å². The molecule has 1 N–H and O–H groups in total. The van der Waals surface area contributed by atoms with Crippen molar-refractivity contribution in [1.29, 1.82) is 0 Å². The van der Waals surface area contributed by atoms with E-state index < -0.39 is 5.41 Å². The summed E-state index contributed by atoms with van der Waals surface area (Å²) in [7, 11) is 0. The minimum Gasteiger partial charge on any atom is -0.355 e. The van der Waals surface area contributed by atoms with E-state index >= 15 is 0 Å². The Bertz CT molecular complexity index is 1990. The molecule has 7 aromatic carbocycles. The zero-order chi connectivity index (χ0) is 26.5. The second-order valence-electron chi connectivity index (χ2n) is 10.6. The Hall–Kier alpha value is -5.14. The van der Waals surface area contributed by atoms with Gasteiger partial charge in [-0.15, -0.1) is 0 Å². The average Bonchev–Trinajstić information content (AvgIpc) is 3.32. The molecular formula is C39H27N. The first-order valence-corrected chi connectivity index (χ1v) is 13.9. The van der Waals surface area contributed by atoms with Crippen LogP contribution in [0.1, 0.15) is 22.3 Å². The molecule has 40 heavy (non-hydrogen) atoms. The zero-order valence-corrected chi connectivity index (χ0v) is 22.0. The van der Waals surface area contributed by atoms with E-state index in [-0.39, 0.29) is 0 Å². The molecular weight excluding hydrogens is 482 g/mol. The number of anilines is 2. The van der Waals surface area contributed by atoms with Crippen LogP contribution in [0.25, 0.3) is 32.7 Å². The van der Waals surface area contributed by atoms with Gasteiger partial charge in [0.05, 0.1) is 5.41 Å². The third-order valence-corrected chi connectivity index (χ3v) is 8.48. The van der Waals surface area contributed by atoms with Gasteiger partial charge in [-0.25, -0.2) is 0 Å². The van der Waals surface area contributed by atoms with Crippen LogP contribution in [-0.2, 0) is 5.41 Å². The molecule has 0 saturated heterocycles. The molecule has 0 radical (unpaired) electrons. The van der Waals surface area contributed by atoms with Crippen LogP contribution in [0.5, 0.6) is 0 Å². The van der Waals surface area contributed by atoms with E-state index in [0.717, 1.165) is 11.4 Å². The Balaban J connectivity index is 1.33. The molecule has 0 unspecified atom stereocenters. The summed E-state index contributed by atoms with van der Waals surface area (Å²) in [6, 6.07) is 57.4. The largest absolute Gasteiger partial charge is 0.355 e. The zero-order valence-electron chi connectivity index (χ0n) is 22.0. The Morgan fingerprint density at radius 2 is 0.975 bits per heavy atom. The van der Waals surface area contributed by atoms with Crippen LogP contribution in [0.2, 0.25) is 0 Å². The fourth-order valence-corrected chi connectivity index (χ4v) is 6.77. The molecule has 188 valence electrons. The molecule has 8 rings (SSSR count). The van der Waals surface area contributed by atoms with Crippen molar-refractivity contribution >= 4 is 32.9 Å². The summed E-state index contributed by atoms with van der Waals surface area (Å²) in [6.45, 7) is 0. The van der Waals surface area contributed by atoms with Crippen LogP contribution in [0, 0.1) is 0 Å². The van der Waals surface area contributed by atoms with Crippen LogP contribution >= 0.6 is 0 Å². The maximum Gasteiger partial charge on any atom is 0.0714 e. The molecule has 0 heterocycles. The summed E-state index contributed by atoms with van der Waals surface area (Å²) >= 11 is 0. The molecule has 1 nitrogen and oxygen atoms in total. The van der Waals surface area contributed by atoms with Crippen molar-refractivity contribution in [2.45, 2.75) is 5.41 Å². The topological polar surface area (TPSA) is 12.0 Å². The lowest BCUT2D eigenvalue weighted by Crippen LogP contribution is -2.28. The summed E-state index contributed by atoms with van der Waals surface area (Å²) in [6.07, 6.45) is 0. The quantitative estimate of drug-likeness (QED) is 0.233. The van der Waals surface area contributed by atoms with Crippen molar-refractivity contribution in [3.05, 3.63) is 180 Å². The van der Waals surface area contributed by atoms with Gasteiger partial charge in [-0.3, -0.25) is 0 Å². The molecule has 0 fully saturated rings. The van der Waals surface area contributed by atoms with Gasteiger partial charge in [0.15, 0.2) is 0 Å². The van der Waals surface area contributed by atoms with Crippen LogP contribution in [-0.4, -0.2) is 0 Å². The first-order chi connectivity index (χ1) is 19.8. The van der Waals surface area contributed by atoms with Gasteiger partial charge < -0.3 is 5.32 Å². The molecule has 1 aliphatic carbocycles. The van der Waals surface area contributed by atoms with Crippen molar-refractivity contribution in [2.75, 3.05) is 5.32 Å². The Morgan fingerprint density at radius 3 is 1.73 bits per heavy atom. The van der Waals surface area contributed by atoms with Gasteiger partial charge in [-0.05, 0) is 79.9 Å². The van der Waals surface area contributed by atoms with Gasteiger partial charge in [0.25, 0.3) is 0 Å². The van der Waals surface area contributed by atoms with Crippen LogP contribution in [0.3, 0.4) is 0 Å². The van der Waals surface area contributed by atoms with Crippen molar-refractivity contribution < 1.29 is 0 Å². The second kappa shape index (κ2) is 8.97. The van der Waals surface area contributed by atoms with E-state index in [1.165, 1.54) is 54.9 Å². The third kappa shape index (κ3) is 3.34. The van der Waals surface area contributed by atoms with E-state index in [1.54, 1.807) is 0 Å². The highest BCUT2D eigenvalue weighted by Gasteiger charge is 2.45. The van der Waals surface area contributed by atoms with E-state index in [9.17, 15) is 0 Å². The minimum absolute atomic E-state index is 0.402. The van der Waals surface area contributed by atoms with Crippen molar-refractivity contribution in [1.82, 2.24) is 0 Å². The SMILES string of the molecule is c1ccc(C2(c3cccc(Nc4cccc5cc6ccccc6cc45)c3)c3ccccc3-c3ccccc32)cc1. The lowest BCUT2D eigenvalue weighted by Gasteiger charge is -2.34. The number of benzene rings is 7. The van der Waals surface area contributed by atoms with Crippen LogP contribution in [0.4, 0.5) is 11.4 Å². The number of nitrogens with one attached hydrogen (secondary N) is 1. The van der Waals surface area contributed by atoms with Gasteiger partial charge in [-0.1, -0.05) is 127 Å². The molecule has 1 aliphatic rings. The maximum absolute atomic E-state index is 3.79. The standard InChI is InChI=1S/C39H27N/c1-2-15-30(16-3-1)39(36-21-8-6-19-33(36)34-20-7-9-22-37(34)39)31-17-11-18-32(26-31)40-38-23-10-14-29-24-27-12-4-5-13-28(27)25-35(29)38/h1-26,40H. The molecule has 0 bridgehead atoms. The average molecular weight is 510 g/mol. The van der Waals surface area contributed by atoms with E-state index in [0.29, 0.717) is 0 Å².